The van der Waals surface area contributed by atoms with Gasteiger partial charge in [-0.2, -0.15) is 0 Å². The molecule has 98 valence electrons. The van der Waals surface area contributed by atoms with Gasteiger partial charge in [0.25, 0.3) is 11.8 Å². The minimum absolute atomic E-state index is 0.0296. The molecule has 0 aromatic heterocycles. The third-order valence-corrected chi connectivity index (χ3v) is 2.74. The van der Waals surface area contributed by atoms with E-state index in [0.29, 0.717) is 11.1 Å². The second-order valence-corrected chi connectivity index (χ2v) is 3.90. The molecule has 0 saturated heterocycles. The predicted octanol–water partition coefficient (Wildman–Crippen LogP) is 0.898. The quantitative estimate of drug-likeness (QED) is 0.494. The normalized spacial score (nSPS) is 14.6. The van der Waals surface area contributed by atoms with Crippen molar-refractivity contribution < 1.29 is 24.2 Å². The van der Waals surface area contributed by atoms with Crippen LogP contribution < -0.4 is 0 Å². The summed E-state index contributed by atoms with van der Waals surface area (Å²) in [5.74, 6) is -2.07. The summed E-state index contributed by atoms with van der Waals surface area (Å²) >= 11 is 0. The topological polar surface area (TPSA) is 83.9 Å². The zero-order valence-corrected chi connectivity index (χ0v) is 10.1. The maximum absolute atomic E-state index is 12.0. The fourth-order valence-corrected chi connectivity index (χ4v) is 1.85. The van der Waals surface area contributed by atoms with Gasteiger partial charge in [-0.3, -0.25) is 14.5 Å². The lowest BCUT2D eigenvalue weighted by atomic mass is 10.1. The molecule has 1 heterocycles. The van der Waals surface area contributed by atoms with Gasteiger partial charge in [-0.05, 0) is 12.1 Å². The zero-order chi connectivity index (χ0) is 14.0. The van der Waals surface area contributed by atoms with Crippen molar-refractivity contribution in [1.82, 2.24) is 4.90 Å². The van der Waals surface area contributed by atoms with Crippen LogP contribution in [0.3, 0.4) is 0 Å². The first-order valence-corrected chi connectivity index (χ1v) is 5.47. The number of fused-ring (bicyclic) bond motifs is 1. The van der Waals surface area contributed by atoms with Gasteiger partial charge in [-0.1, -0.05) is 12.1 Å². The molecular weight excluding hydrogens is 250 g/mol. The van der Waals surface area contributed by atoms with Crippen LogP contribution in [0.1, 0.15) is 20.7 Å². The van der Waals surface area contributed by atoms with Crippen molar-refractivity contribution in [2.45, 2.75) is 0 Å². The van der Waals surface area contributed by atoms with E-state index in [2.05, 4.69) is 0 Å². The minimum Gasteiger partial charge on any atom is -0.499 e. The first-order chi connectivity index (χ1) is 9.04. The molecule has 0 aliphatic carbocycles. The molecule has 0 atom stereocenters. The van der Waals surface area contributed by atoms with Gasteiger partial charge in [0, 0.05) is 0 Å². The third-order valence-electron chi connectivity index (χ3n) is 2.74. The number of aliphatic carboxylic acids is 1. The Balaban J connectivity index is 2.27. The van der Waals surface area contributed by atoms with E-state index in [1.807, 2.05) is 0 Å². The van der Waals surface area contributed by atoms with Crippen molar-refractivity contribution in [2.75, 3.05) is 13.7 Å². The Morgan fingerprint density at radius 2 is 1.79 bits per heavy atom. The summed E-state index contributed by atoms with van der Waals surface area (Å²) in [5.41, 5.74) is 0.636. The van der Waals surface area contributed by atoms with Crippen LogP contribution in [0, 0.1) is 0 Å². The van der Waals surface area contributed by atoms with E-state index < -0.39 is 17.8 Å². The fraction of sp³-hybridized carbons (Fsp3) is 0.154. The molecule has 1 aliphatic rings. The highest BCUT2D eigenvalue weighted by Gasteiger charge is 2.35. The monoisotopic (exact) mass is 261 g/mol. The van der Waals surface area contributed by atoms with E-state index in [0.717, 1.165) is 11.0 Å². The van der Waals surface area contributed by atoms with Gasteiger partial charge < -0.3 is 9.84 Å². The summed E-state index contributed by atoms with van der Waals surface area (Å²) in [6.07, 6.45) is 0.823. The minimum atomic E-state index is -1.20. The molecule has 6 heteroatoms. The molecule has 0 unspecified atom stereocenters. The number of hydrogen-bond donors (Lipinski definition) is 1. The number of hydrogen-bond acceptors (Lipinski definition) is 4. The van der Waals surface area contributed by atoms with Crippen molar-refractivity contribution in [1.29, 1.82) is 0 Å². The highest BCUT2D eigenvalue weighted by Crippen LogP contribution is 2.23. The molecule has 2 rings (SSSR count). The van der Waals surface area contributed by atoms with Crippen LogP contribution in [0.15, 0.2) is 36.1 Å². The Bertz CT molecular complexity index is 555. The van der Waals surface area contributed by atoms with Crippen LogP contribution >= 0.6 is 0 Å². The lowest BCUT2D eigenvalue weighted by Gasteiger charge is -2.14. The molecule has 0 radical (unpaired) electrons. The number of benzene rings is 1. The average Bonchev–Trinajstić information content (AvgIpc) is 2.63. The first-order valence-electron chi connectivity index (χ1n) is 5.47. The largest absolute Gasteiger partial charge is 0.499 e. The molecule has 1 aromatic rings. The highest BCUT2D eigenvalue weighted by atomic mass is 16.5. The second-order valence-electron chi connectivity index (χ2n) is 3.90. The Morgan fingerprint density at radius 1 is 1.26 bits per heavy atom. The molecule has 19 heavy (non-hydrogen) atoms. The van der Waals surface area contributed by atoms with Gasteiger partial charge in [0.2, 0.25) is 0 Å². The Kier molecular flexibility index (Phi) is 3.33. The van der Waals surface area contributed by atoms with Crippen molar-refractivity contribution in [3.05, 3.63) is 47.2 Å². The van der Waals surface area contributed by atoms with Crippen molar-refractivity contribution in [3.63, 3.8) is 0 Å². The maximum atomic E-state index is 12.0. The Morgan fingerprint density at radius 3 is 2.21 bits per heavy atom. The molecular formula is C13H11NO5. The third kappa shape index (κ3) is 2.33. The Labute approximate surface area is 108 Å². The van der Waals surface area contributed by atoms with E-state index in [-0.39, 0.29) is 12.3 Å². The number of carbonyl (C=O) groups is 3. The predicted molar refractivity (Wildman–Crippen MR) is 64.5 cm³/mol. The van der Waals surface area contributed by atoms with Crippen LogP contribution in [-0.4, -0.2) is 41.4 Å². The number of carbonyl (C=O) groups excluding carboxylic acids is 2. The van der Waals surface area contributed by atoms with Crippen LogP contribution in [0.2, 0.25) is 0 Å². The number of methoxy groups -OCH3 is 1. The fourth-order valence-electron chi connectivity index (χ4n) is 1.85. The summed E-state index contributed by atoms with van der Waals surface area (Å²) in [7, 11) is 1.28. The summed E-state index contributed by atoms with van der Waals surface area (Å²) in [4.78, 5) is 35.6. The molecule has 0 spiro atoms. The average molecular weight is 261 g/mol. The number of nitrogens with zero attached hydrogens (tertiary/aromatic N) is 1. The number of amides is 2. The number of carboxylic acid groups (broad SMARTS) is 1. The van der Waals surface area contributed by atoms with E-state index in [1.165, 1.54) is 7.11 Å². The number of imide groups is 1. The van der Waals surface area contributed by atoms with Crippen LogP contribution in [0.4, 0.5) is 0 Å². The number of rotatable bonds is 4. The highest BCUT2D eigenvalue weighted by molar-refractivity contribution is 6.21. The smallest absolute Gasteiger partial charge is 0.331 e. The van der Waals surface area contributed by atoms with Crippen LogP contribution in [0.5, 0.6) is 0 Å². The summed E-state index contributed by atoms with van der Waals surface area (Å²) in [6, 6.07) is 6.45. The van der Waals surface area contributed by atoms with Crippen molar-refractivity contribution in [3.8, 4) is 0 Å². The summed E-state index contributed by atoms with van der Waals surface area (Å²) in [5, 5.41) is 8.65. The van der Waals surface area contributed by atoms with Crippen LogP contribution in [-0.2, 0) is 9.53 Å². The lowest BCUT2D eigenvalue weighted by Crippen LogP contribution is -2.32. The first kappa shape index (κ1) is 12.8. The van der Waals surface area contributed by atoms with E-state index in [9.17, 15) is 14.4 Å². The van der Waals surface area contributed by atoms with Gasteiger partial charge in [-0.25, -0.2) is 4.79 Å². The molecule has 1 aliphatic heterocycles. The van der Waals surface area contributed by atoms with E-state index in [1.54, 1.807) is 24.3 Å². The number of carboxylic acids is 1. The summed E-state index contributed by atoms with van der Waals surface area (Å²) in [6.45, 7) is -0.199. The molecule has 0 fully saturated rings. The molecule has 1 N–H and O–H groups in total. The molecule has 0 saturated carbocycles. The lowest BCUT2D eigenvalue weighted by molar-refractivity contribution is -0.131. The van der Waals surface area contributed by atoms with Gasteiger partial charge in [0.05, 0.1) is 30.9 Å². The molecule has 6 nitrogen and oxygen atoms in total. The van der Waals surface area contributed by atoms with E-state index >= 15 is 0 Å². The van der Waals surface area contributed by atoms with Gasteiger partial charge in [0.1, 0.15) is 5.76 Å². The Hall–Kier alpha value is -2.63. The van der Waals surface area contributed by atoms with E-state index in [4.69, 9.17) is 9.84 Å². The van der Waals surface area contributed by atoms with Crippen molar-refractivity contribution in [2.24, 2.45) is 0 Å². The van der Waals surface area contributed by atoms with Gasteiger partial charge in [0.15, 0.2) is 0 Å². The number of ether oxygens (including phenoxy) is 1. The SMILES string of the molecule is COC(=CC(=O)O)CN1C(=O)c2ccccc2C1=O. The molecule has 0 bridgehead atoms. The van der Waals surface area contributed by atoms with Crippen LogP contribution in [0.25, 0.3) is 0 Å². The summed E-state index contributed by atoms with van der Waals surface area (Å²) < 4.78 is 4.85. The zero-order valence-electron chi connectivity index (χ0n) is 10.1. The molecule has 2 amide bonds. The standard InChI is InChI=1S/C13H11NO5/c1-19-8(6-11(15)16)7-14-12(17)9-4-2-3-5-10(9)13(14)18/h2-6H,7H2,1H3,(H,15,16). The van der Waals surface area contributed by atoms with Crippen molar-refractivity contribution >= 4 is 17.8 Å². The molecule has 1 aromatic carbocycles. The maximum Gasteiger partial charge on any atom is 0.331 e. The van der Waals surface area contributed by atoms with Gasteiger partial charge in [-0.15, -0.1) is 0 Å². The second kappa shape index (κ2) is 4.93. The van der Waals surface area contributed by atoms with Gasteiger partial charge >= 0.3 is 5.97 Å².